The fourth-order valence-corrected chi connectivity index (χ4v) is 4.25. The Morgan fingerprint density at radius 1 is 0.913 bits per heavy atom. The van der Waals surface area contributed by atoms with Gasteiger partial charge in [0.2, 0.25) is 0 Å². The summed E-state index contributed by atoms with van der Waals surface area (Å²) in [5.74, 6) is 1.80. The van der Waals surface area contributed by atoms with Gasteiger partial charge in [0, 0.05) is 36.7 Å². The summed E-state index contributed by atoms with van der Waals surface area (Å²) in [5, 5.41) is 0. The normalized spacial score (nSPS) is 24.3. The van der Waals surface area contributed by atoms with Crippen molar-refractivity contribution in [3.63, 3.8) is 0 Å². The van der Waals surface area contributed by atoms with Crippen LogP contribution in [0.3, 0.4) is 0 Å². The quantitative estimate of drug-likeness (QED) is 0.819. The Balaban J connectivity index is 1.46. The zero-order chi connectivity index (χ0) is 15.6. The molecular weight excluding hydrogens is 284 g/mol. The van der Waals surface area contributed by atoms with Crippen LogP contribution in [0.1, 0.15) is 42.5 Å². The van der Waals surface area contributed by atoms with Gasteiger partial charge in [-0.2, -0.15) is 0 Å². The number of amides is 1. The lowest BCUT2D eigenvalue weighted by Crippen LogP contribution is -2.44. The highest BCUT2D eigenvalue weighted by molar-refractivity contribution is 5.94. The molecule has 2 aromatic rings. The summed E-state index contributed by atoms with van der Waals surface area (Å²) >= 11 is 0. The Morgan fingerprint density at radius 3 is 2.35 bits per heavy atom. The standard InChI is InChI=1S/C20H24N2O/c23-20(22-14-11-16-5-1-2-6-18(16)15-22)17-7-9-19(10-8-17)21-12-3-4-13-21/h3-4,7-10,12-13,16,18H,1-2,5-6,11,14-15H2. The van der Waals surface area contributed by atoms with Crippen molar-refractivity contribution < 1.29 is 4.79 Å². The summed E-state index contributed by atoms with van der Waals surface area (Å²) in [5.41, 5.74) is 1.91. The molecule has 0 spiro atoms. The molecule has 0 bridgehead atoms. The van der Waals surface area contributed by atoms with Gasteiger partial charge in [0.15, 0.2) is 0 Å². The second-order valence-electron chi connectivity index (χ2n) is 6.98. The summed E-state index contributed by atoms with van der Waals surface area (Å²) in [6, 6.07) is 12.0. The fraction of sp³-hybridized carbons (Fsp3) is 0.450. The molecule has 2 heterocycles. The van der Waals surface area contributed by atoms with Crippen molar-refractivity contribution in [2.45, 2.75) is 32.1 Å². The van der Waals surface area contributed by atoms with E-state index in [0.29, 0.717) is 0 Å². The Hall–Kier alpha value is -2.03. The number of likely N-dealkylation sites (tertiary alicyclic amines) is 1. The third kappa shape index (κ3) is 2.92. The van der Waals surface area contributed by atoms with Crippen LogP contribution in [0.25, 0.3) is 5.69 Å². The maximum absolute atomic E-state index is 12.8. The van der Waals surface area contributed by atoms with Gasteiger partial charge < -0.3 is 9.47 Å². The Bertz CT molecular complexity index is 659. The predicted molar refractivity (Wildman–Crippen MR) is 91.7 cm³/mol. The Morgan fingerprint density at radius 2 is 1.61 bits per heavy atom. The maximum atomic E-state index is 12.8. The third-order valence-corrected chi connectivity index (χ3v) is 5.60. The number of hydrogen-bond donors (Lipinski definition) is 0. The van der Waals surface area contributed by atoms with E-state index in [9.17, 15) is 4.79 Å². The number of aromatic nitrogens is 1. The van der Waals surface area contributed by atoms with Crippen LogP contribution in [0, 0.1) is 11.8 Å². The molecule has 23 heavy (non-hydrogen) atoms. The van der Waals surface area contributed by atoms with Crippen molar-refractivity contribution in [2.24, 2.45) is 11.8 Å². The molecule has 1 aliphatic heterocycles. The summed E-state index contributed by atoms with van der Waals surface area (Å²) in [6.07, 6.45) is 10.6. The molecule has 120 valence electrons. The minimum absolute atomic E-state index is 0.202. The first-order valence-electron chi connectivity index (χ1n) is 8.84. The SMILES string of the molecule is O=C(c1ccc(-n2cccc2)cc1)N1CCC2CCCCC2C1. The third-order valence-electron chi connectivity index (χ3n) is 5.60. The molecule has 1 aromatic heterocycles. The van der Waals surface area contributed by atoms with Gasteiger partial charge in [-0.1, -0.05) is 19.3 Å². The molecule has 0 N–H and O–H groups in total. The molecule has 1 aromatic carbocycles. The topological polar surface area (TPSA) is 25.2 Å². The number of benzene rings is 1. The van der Waals surface area contributed by atoms with Crippen LogP contribution in [0.4, 0.5) is 0 Å². The molecule has 3 heteroatoms. The highest BCUT2D eigenvalue weighted by atomic mass is 16.2. The average Bonchev–Trinajstić information content (AvgIpc) is 3.15. The van der Waals surface area contributed by atoms with Gasteiger partial charge in [-0.3, -0.25) is 4.79 Å². The summed E-state index contributed by atoms with van der Waals surface area (Å²) in [6.45, 7) is 1.89. The van der Waals surface area contributed by atoms with Gasteiger partial charge in [0.1, 0.15) is 0 Å². The van der Waals surface area contributed by atoms with Crippen LogP contribution >= 0.6 is 0 Å². The molecule has 2 aliphatic rings. The lowest BCUT2D eigenvalue weighted by Gasteiger charge is -2.41. The number of carbonyl (C=O) groups excluding carboxylic acids is 1. The van der Waals surface area contributed by atoms with E-state index in [-0.39, 0.29) is 5.91 Å². The number of fused-ring (bicyclic) bond motifs is 1. The van der Waals surface area contributed by atoms with Crippen molar-refractivity contribution in [1.82, 2.24) is 9.47 Å². The summed E-state index contributed by atoms with van der Waals surface area (Å²) in [7, 11) is 0. The van der Waals surface area contributed by atoms with Gasteiger partial charge >= 0.3 is 0 Å². The first-order valence-corrected chi connectivity index (χ1v) is 8.84. The Kier molecular flexibility index (Phi) is 3.94. The largest absolute Gasteiger partial charge is 0.338 e. The smallest absolute Gasteiger partial charge is 0.253 e. The Labute approximate surface area is 137 Å². The highest BCUT2D eigenvalue weighted by Gasteiger charge is 2.33. The molecule has 1 saturated heterocycles. The zero-order valence-electron chi connectivity index (χ0n) is 13.5. The molecule has 2 fully saturated rings. The molecule has 4 rings (SSSR count). The zero-order valence-corrected chi connectivity index (χ0v) is 13.5. The van der Waals surface area contributed by atoms with E-state index in [4.69, 9.17) is 0 Å². The first-order chi connectivity index (χ1) is 11.3. The van der Waals surface area contributed by atoms with Gasteiger partial charge in [0.05, 0.1) is 0 Å². The first kappa shape index (κ1) is 14.6. The number of piperidine rings is 1. The highest BCUT2D eigenvalue weighted by Crippen LogP contribution is 2.36. The molecule has 1 amide bonds. The lowest BCUT2D eigenvalue weighted by atomic mass is 9.75. The number of carbonyl (C=O) groups is 1. The van der Waals surface area contributed by atoms with E-state index >= 15 is 0 Å². The van der Waals surface area contributed by atoms with Crippen molar-refractivity contribution in [1.29, 1.82) is 0 Å². The molecular formula is C20H24N2O. The molecule has 2 atom stereocenters. The van der Waals surface area contributed by atoms with Crippen LogP contribution in [-0.4, -0.2) is 28.5 Å². The number of rotatable bonds is 2. The van der Waals surface area contributed by atoms with Gasteiger partial charge in [-0.05, 0) is 61.1 Å². The van der Waals surface area contributed by atoms with Crippen LogP contribution in [-0.2, 0) is 0 Å². The van der Waals surface area contributed by atoms with E-state index in [1.165, 1.54) is 32.1 Å². The van der Waals surface area contributed by atoms with Gasteiger partial charge in [0.25, 0.3) is 5.91 Å². The molecule has 0 radical (unpaired) electrons. The fourth-order valence-electron chi connectivity index (χ4n) is 4.25. The van der Waals surface area contributed by atoms with Crippen molar-refractivity contribution in [3.8, 4) is 5.69 Å². The van der Waals surface area contributed by atoms with Crippen LogP contribution in [0.5, 0.6) is 0 Å². The lowest BCUT2D eigenvalue weighted by molar-refractivity contribution is 0.0521. The van der Waals surface area contributed by atoms with Gasteiger partial charge in [-0.25, -0.2) is 0 Å². The molecule has 1 saturated carbocycles. The van der Waals surface area contributed by atoms with E-state index in [1.54, 1.807) is 0 Å². The summed E-state index contributed by atoms with van der Waals surface area (Å²) < 4.78 is 2.06. The monoisotopic (exact) mass is 308 g/mol. The molecule has 1 aliphatic carbocycles. The van der Waals surface area contributed by atoms with E-state index in [1.807, 2.05) is 48.8 Å². The average molecular weight is 308 g/mol. The van der Waals surface area contributed by atoms with Crippen molar-refractivity contribution in [2.75, 3.05) is 13.1 Å². The molecule has 3 nitrogen and oxygen atoms in total. The van der Waals surface area contributed by atoms with E-state index < -0.39 is 0 Å². The van der Waals surface area contributed by atoms with Crippen molar-refractivity contribution >= 4 is 5.91 Å². The van der Waals surface area contributed by atoms with Crippen molar-refractivity contribution in [3.05, 3.63) is 54.4 Å². The second-order valence-corrected chi connectivity index (χ2v) is 6.98. The number of nitrogens with zero attached hydrogens (tertiary/aromatic N) is 2. The minimum Gasteiger partial charge on any atom is -0.338 e. The van der Waals surface area contributed by atoms with E-state index in [2.05, 4.69) is 9.47 Å². The number of hydrogen-bond acceptors (Lipinski definition) is 1. The second kappa shape index (κ2) is 6.23. The maximum Gasteiger partial charge on any atom is 0.253 e. The predicted octanol–water partition coefficient (Wildman–Crippen LogP) is 4.13. The summed E-state index contributed by atoms with van der Waals surface area (Å²) in [4.78, 5) is 14.9. The molecule has 2 unspecified atom stereocenters. The van der Waals surface area contributed by atoms with E-state index in [0.717, 1.165) is 36.2 Å². The van der Waals surface area contributed by atoms with Gasteiger partial charge in [-0.15, -0.1) is 0 Å². The van der Waals surface area contributed by atoms with Crippen LogP contribution < -0.4 is 0 Å². The minimum atomic E-state index is 0.202. The van der Waals surface area contributed by atoms with Crippen LogP contribution in [0.2, 0.25) is 0 Å². The van der Waals surface area contributed by atoms with Crippen LogP contribution in [0.15, 0.2) is 48.8 Å².